The second-order valence-corrected chi connectivity index (χ2v) is 9.37. The molecule has 0 saturated heterocycles. The zero-order chi connectivity index (χ0) is 21.3. The van der Waals surface area contributed by atoms with Crippen molar-refractivity contribution in [3.63, 3.8) is 0 Å². The number of guanidine groups is 1. The molecule has 9 nitrogen and oxygen atoms in total. The largest absolute Gasteiger partial charge is 0.378 e. The van der Waals surface area contributed by atoms with Crippen LogP contribution in [0, 0.1) is 16.0 Å². The summed E-state index contributed by atoms with van der Waals surface area (Å²) in [4.78, 5) is 14.8. The average Bonchev–Trinajstić information content (AvgIpc) is 3.19. The third-order valence-electron chi connectivity index (χ3n) is 5.11. The third kappa shape index (κ3) is 7.52. The van der Waals surface area contributed by atoms with Gasteiger partial charge in [0, 0.05) is 39.0 Å². The van der Waals surface area contributed by atoms with E-state index >= 15 is 0 Å². The molecule has 1 aromatic rings. The zero-order valence-electron chi connectivity index (χ0n) is 17.1. The maximum absolute atomic E-state index is 11.6. The van der Waals surface area contributed by atoms with Gasteiger partial charge in [-0.25, -0.2) is 8.42 Å². The quantitative estimate of drug-likeness (QED) is 0.173. The third-order valence-corrected chi connectivity index (χ3v) is 6.22. The molecular weight excluding hydrogens is 394 g/mol. The van der Waals surface area contributed by atoms with E-state index in [4.69, 9.17) is 0 Å². The molecule has 1 aliphatic carbocycles. The fraction of sp³-hybridized carbons (Fsp3) is 0.632. The van der Waals surface area contributed by atoms with E-state index in [0.717, 1.165) is 31.2 Å². The Morgan fingerprint density at radius 2 is 1.90 bits per heavy atom. The van der Waals surface area contributed by atoms with Crippen LogP contribution in [0.25, 0.3) is 0 Å². The number of anilines is 1. The van der Waals surface area contributed by atoms with E-state index in [2.05, 4.69) is 20.9 Å². The smallest absolute Gasteiger partial charge is 0.293 e. The number of nitrogens with zero attached hydrogens (tertiary/aromatic N) is 2. The molecule has 0 aromatic heterocycles. The summed E-state index contributed by atoms with van der Waals surface area (Å²) < 4.78 is 23.2. The predicted octanol–water partition coefficient (Wildman–Crippen LogP) is 2.55. The lowest BCUT2D eigenvalue weighted by molar-refractivity contribution is -0.384. The lowest BCUT2D eigenvalue weighted by atomic mass is 10.0. The van der Waals surface area contributed by atoms with Crippen molar-refractivity contribution < 1.29 is 13.3 Å². The van der Waals surface area contributed by atoms with Crippen molar-refractivity contribution in [1.29, 1.82) is 0 Å². The predicted molar refractivity (Wildman–Crippen MR) is 115 cm³/mol. The van der Waals surface area contributed by atoms with Crippen molar-refractivity contribution in [1.82, 2.24) is 10.6 Å². The molecule has 1 saturated carbocycles. The molecule has 0 aliphatic heterocycles. The van der Waals surface area contributed by atoms with Gasteiger partial charge in [0.05, 0.1) is 9.82 Å². The first kappa shape index (κ1) is 22.9. The molecule has 162 valence electrons. The van der Waals surface area contributed by atoms with E-state index in [1.165, 1.54) is 44.2 Å². The van der Waals surface area contributed by atoms with Crippen LogP contribution in [0.2, 0.25) is 0 Å². The summed E-state index contributed by atoms with van der Waals surface area (Å²) in [6.07, 6.45) is 8.83. The Balaban J connectivity index is 1.76. The van der Waals surface area contributed by atoms with E-state index in [-0.39, 0.29) is 16.3 Å². The van der Waals surface area contributed by atoms with E-state index < -0.39 is 14.8 Å². The number of nitro groups is 1. The maximum Gasteiger partial charge on any atom is 0.293 e. The number of benzene rings is 1. The first-order chi connectivity index (χ1) is 13.8. The summed E-state index contributed by atoms with van der Waals surface area (Å²) in [6, 6.07) is 3.86. The standard InChI is InChI=1S/C19H31N5O4S/c1-20-19(22-11-5-8-15-6-3-4-7-15)23-13-12-21-17-10-9-16(29(2,27)28)14-18(17)24(25)26/h9-10,14-15,21H,3-8,11-13H2,1-2H3,(H2,20,22,23). The molecular formula is C19H31N5O4S. The summed E-state index contributed by atoms with van der Waals surface area (Å²) in [6.45, 7) is 1.79. The molecule has 1 fully saturated rings. The van der Waals surface area contributed by atoms with E-state index in [1.54, 1.807) is 7.05 Å². The van der Waals surface area contributed by atoms with Gasteiger partial charge < -0.3 is 16.0 Å². The Labute approximate surface area is 172 Å². The normalized spacial score (nSPS) is 15.3. The molecule has 29 heavy (non-hydrogen) atoms. The number of nitro benzene ring substituents is 1. The monoisotopic (exact) mass is 425 g/mol. The van der Waals surface area contributed by atoms with Crippen LogP contribution in [0.5, 0.6) is 0 Å². The highest BCUT2D eigenvalue weighted by molar-refractivity contribution is 7.90. The van der Waals surface area contributed by atoms with Crippen molar-refractivity contribution >= 4 is 27.2 Å². The van der Waals surface area contributed by atoms with Crippen molar-refractivity contribution in [3.8, 4) is 0 Å². The molecule has 10 heteroatoms. The van der Waals surface area contributed by atoms with Gasteiger partial charge in [-0.05, 0) is 30.9 Å². The van der Waals surface area contributed by atoms with Gasteiger partial charge in [-0.2, -0.15) is 0 Å². The molecule has 1 aromatic carbocycles. The zero-order valence-corrected chi connectivity index (χ0v) is 17.9. The Kier molecular flexibility index (Phi) is 8.69. The van der Waals surface area contributed by atoms with E-state index in [1.807, 2.05) is 0 Å². The van der Waals surface area contributed by atoms with Crippen LogP contribution >= 0.6 is 0 Å². The molecule has 1 aliphatic rings. The molecule has 3 N–H and O–H groups in total. The molecule has 2 rings (SSSR count). The molecule has 0 radical (unpaired) electrons. The first-order valence-corrected chi connectivity index (χ1v) is 11.9. The topological polar surface area (TPSA) is 126 Å². The summed E-state index contributed by atoms with van der Waals surface area (Å²) in [5.74, 6) is 1.57. The Morgan fingerprint density at radius 3 is 2.52 bits per heavy atom. The van der Waals surface area contributed by atoms with Gasteiger partial charge in [0.2, 0.25) is 0 Å². The Hall–Kier alpha value is -2.36. The van der Waals surface area contributed by atoms with Crippen LogP contribution in [-0.4, -0.2) is 52.2 Å². The van der Waals surface area contributed by atoms with Gasteiger partial charge in [-0.1, -0.05) is 25.7 Å². The fourth-order valence-electron chi connectivity index (χ4n) is 3.54. The summed E-state index contributed by atoms with van der Waals surface area (Å²) in [5, 5.41) is 20.7. The minimum Gasteiger partial charge on any atom is -0.378 e. The van der Waals surface area contributed by atoms with Crippen molar-refractivity contribution in [2.24, 2.45) is 10.9 Å². The van der Waals surface area contributed by atoms with Gasteiger partial charge in [0.15, 0.2) is 15.8 Å². The summed E-state index contributed by atoms with van der Waals surface area (Å²) in [7, 11) is -1.80. The highest BCUT2D eigenvalue weighted by Gasteiger charge is 2.18. The number of rotatable bonds is 10. The fourth-order valence-corrected chi connectivity index (χ4v) is 4.18. The lowest BCUT2D eigenvalue weighted by Gasteiger charge is -2.14. The molecule has 0 heterocycles. The van der Waals surface area contributed by atoms with Crippen LogP contribution in [0.1, 0.15) is 38.5 Å². The lowest BCUT2D eigenvalue weighted by Crippen LogP contribution is -2.40. The van der Waals surface area contributed by atoms with Gasteiger partial charge in [-0.3, -0.25) is 15.1 Å². The summed E-state index contributed by atoms with van der Waals surface area (Å²) >= 11 is 0. The van der Waals surface area contributed by atoms with Gasteiger partial charge in [0.25, 0.3) is 5.69 Å². The van der Waals surface area contributed by atoms with E-state index in [0.29, 0.717) is 19.0 Å². The highest BCUT2D eigenvalue weighted by Crippen LogP contribution is 2.28. The number of sulfone groups is 1. The number of hydrogen-bond donors (Lipinski definition) is 3. The second kappa shape index (κ2) is 11.0. The Bertz CT molecular complexity index is 820. The number of hydrogen-bond acceptors (Lipinski definition) is 6. The van der Waals surface area contributed by atoms with Gasteiger partial charge in [-0.15, -0.1) is 0 Å². The minimum absolute atomic E-state index is 0.0740. The van der Waals surface area contributed by atoms with Crippen molar-refractivity contribution in [3.05, 3.63) is 28.3 Å². The van der Waals surface area contributed by atoms with Crippen molar-refractivity contribution in [2.45, 2.75) is 43.4 Å². The molecule has 0 unspecified atom stereocenters. The number of nitrogens with one attached hydrogen (secondary N) is 3. The first-order valence-electron chi connectivity index (χ1n) is 9.98. The van der Waals surface area contributed by atoms with Crippen LogP contribution < -0.4 is 16.0 Å². The Morgan fingerprint density at radius 1 is 1.21 bits per heavy atom. The maximum atomic E-state index is 11.6. The highest BCUT2D eigenvalue weighted by atomic mass is 32.2. The molecule has 0 atom stereocenters. The average molecular weight is 426 g/mol. The van der Waals surface area contributed by atoms with Crippen LogP contribution in [0.4, 0.5) is 11.4 Å². The van der Waals surface area contributed by atoms with Gasteiger partial charge >= 0.3 is 0 Å². The second-order valence-electron chi connectivity index (χ2n) is 7.35. The molecule has 0 amide bonds. The molecule has 0 spiro atoms. The summed E-state index contributed by atoms with van der Waals surface area (Å²) in [5.41, 5.74) is 0.0195. The number of aliphatic imine (C=N–C) groups is 1. The minimum atomic E-state index is -3.50. The van der Waals surface area contributed by atoms with Gasteiger partial charge in [0.1, 0.15) is 5.69 Å². The van der Waals surface area contributed by atoms with Crippen molar-refractivity contribution in [2.75, 3.05) is 38.3 Å². The van der Waals surface area contributed by atoms with Crippen LogP contribution in [-0.2, 0) is 9.84 Å². The van der Waals surface area contributed by atoms with Crippen LogP contribution in [0.15, 0.2) is 28.1 Å². The van der Waals surface area contributed by atoms with Crippen LogP contribution in [0.3, 0.4) is 0 Å². The van der Waals surface area contributed by atoms with E-state index in [9.17, 15) is 18.5 Å². The molecule has 0 bridgehead atoms. The SMILES string of the molecule is CN=C(NCCCC1CCCC1)NCCNc1ccc(S(C)(=O)=O)cc1[N+](=O)[O-].